The number of piperidine rings is 1. The normalized spacial score (nSPS) is 27.9. The minimum Gasteiger partial charge on any atom is -0.313 e. The van der Waals surface area contributed by atoms with Crippen molar-refractivity contribution >= 4 is 0 Å². The number of hydrogen-bond donors (Lipinski definition) is 1. The molecular formula is C17H35N3. The van der Waals surface area contributed by atoms with Crippen LogP contribution >= 0.6 is 0 Å². The number of hydrogen-bond acceptors (Lipinski definition) is 3. The largest absolute Gasteiger partial charge is 0.313 e. The molecule has 0 saturated carbocycles. The monoisotopic (exact) mass is 281 g/mol. The molecule has 3 nitrogen and oxygen atoms in total. The van der Waals surface area contributed by atoms with Gasteiger partial charge >= 0.3 is 0 Å². The van der Waals surface area contributed by atoms with Gasteiger partial charge in [0.1, 0.15) is 0 Å². The molecule has 1 N–H and O–H groups in total. The van der Waals surface area contributed by atoms with Gasteiger partial charge in [-0.05, 0) is 70.7 Å². The van der Waals surface area contributed by atoms with E-state index in [4.69, 9.17) is 0 Å². The second-order valence-electron chi connectivity index (χ2n) is 7.20. The lowest BCUT2D eigenvalue weighted by molar-refractivity contribution is 0.105. The van der Waals surface area contributed by atoms with Gasteiger partial charge in [-0.25, -0.2) is 0 Å². The summed E-state index contributed by atoms with van der Waals surface area (Å²) < 4.78 is 0. The molecule has 0 bridgehead atoms. The Morgan fingerprint density at radius 1 is 1.15 bits per heavy atom. The fourth-order valence-corrected chi connectivity index (χ4v) is 3.91. The highest BCUT2D eigenvalue weighted by molar-refractivity contribution is 4.85. The molecule has 0 aliphatic carbocycles. The number of nitrogens with zero attached hydrogens (tertiary/aromatic N) is 2. The van der Waals surface area contributed by atoms with E-state index in [9.17, 15) is 0 Å². The minimum absolute atomic E-state index is 0.714. The van der Waals surface area contributed by atoms with Crippen LogP contribution in [0.4, 0.5) is 0 Å². The van der Waals surface area contributed by atoms with Crippen molar-refractivity contribution in [2.75, 3.05) is 39.3 Å². The third-order valence-electron chi connectivity index (χ3n) is 4.88. The molecule has 0 radical (unpaired) electrons. The van der Waals surface area contributed by atoms with Crippen LogP contribution in [0.15, 0.2) is 0 Å². The van der Waals surface area contributed by atoms with Crippen molar-refractivity contribution < 1.29 is 0 Å². The van der Waals surface area contributed by atoms with E-state index >= 15 is 0 Å². The van der Waals surface area contributed by atoms with E-state index in [0.717, 1.165) is 12.0 Å². The van der Waals surface area contributed by atoms with Gasteiger partial charge < -0.3 is 10.2 Å². The van der Waals surface area contributed by atoms with Gasteiger partial charge in [-0.3, -0.25) is 4.90 Å². The fourth-order valence-electron chi connectivity index (χ4n) is 3.91. The lowest BCUT2D eigenvalue weighted by Gasteiger charge is -2.39. The van der Waals surface area contributed by atoms with Crippen LogP contribution in [0.2, 0.25) is 0 Å². The summed E-state index contributed by atoms with van der Waals surface area (Å²) in [5, 5.41) is 3.76. The first kappa shape index (κ1) is 16.3. The molecule has 118 valence electrons. The molecule has 20 heavy (non-hydrogen) atoms. The molecule has 2 heterocycles. The highest BCUT2D eigenvalue weighted by Crippen LogP contribution is 2.20. The summed E-state index contributed by atoms with van der Waals surface area (Å²) in [6.45, 7) is 14.7. The van der Waals surface area contributed by atoms with Gasteiger partial charge in [0.2, 0.25) is 0 Å². The molecule has 2 aliphatic heterocycles. The van der Waals surface area contributed by atoms with Crippen LogP contribution in [-0.4, -0.2) is 61.2 Å². The fraction of sp³-hybridized carbons (Fsp3) is 1.00. The van der Waals surface area contributed by atoms with E-state index in [1.54, 1.807) is 0 Å². The Labute approximate surface area is 126 Å². The van der Waals surface area contributed by atoms with Gasteiger partial charge in [0.25, 0.3) is 0 Å². The molecule has 3 heteroatoms. The minimum atomic E-state index is 0.714. The van der Waals surface area contributed by atoms with E-state index in [1.165, 1.54) is 71.4 Å². The highest BCUT2D eigenvalue weighted by Gasteiger charge is 2.27. The van der Waals surface area contributed by atoms with Crippen molar-refractivity contribution in [3.8, 4) is 0 Å². The molecule has 1 atom stereocenters. The molecule has 2 aliphatic rings. The maximum atomic E-state index is 3.76. The first-order chi connectivity index (χ1) is 9.69. The van der Waals surface area contributed by atoms with Crippen LogP contribution in [0.1, 0.15) is 52.9 Å². The maximum absolute atomic E-state index is 3.76. The van der Waals surface area contributed by atoms with Crippen molar-refractivity contribution in [2.24, 2.45) is 5.92 Å². The van der Waals surface area contributed by atoms with E-state index in [2.05, 4.69) is 35.9 Å². The lowest BCUT2D eigenvalue weighted by atomic mass is 10.00. The Morgan fingerprint density at radius 3 is 2.55 bits per heavy atom. The molecule has 0 amide bonds. The van der Waals surface area contributed by atoms with Gasteiger partial charge in [0, 0.05) is 18.6 Å². The van der Waals surface area contributed by atoms with Crippen molar-refractivity contribution in [3.05, 3.63) is 0 Å². The van der Waals surface area contributed by atoms with Gasteiger partial charge in [0.15, 0.2) is 0 Å². The van der Waals surface area contributed by atoms with Crippen molar-refractivity contribution in [1.82, 2.24) is 15.1 Å². The molecule has 0 spiro atoms. The van der Waals surface area contributed by atoms with Crippen LogP contribution in [0.3, 0.4) is 0 Å². The second-order valence-corrected chi connectivity index (χ2v) is 7.20. The molecule has 0 aromatic rings. The number of rotatable bonds is 5. The predicted molar refractivity (Wildman–Crippen MR) is 87.2 cm³/mol. The Kier molecular flexibility index (Phi) is 6.79. The summed E-state index contributed by atoms with van der Waals surface area (Å²) in [5.74, 6) is 0.804. The zero-order valence-corrected chi connectivity index (χ0v) is 13.9. The average molecular weight is 281 g/mol. The molecule has 2 saturated heterocycles. The third kappa shape index (κ3) is 5.01. The van der Waals surface area contributed by atoms with E-state index in [0.29, 0.717) is 6.04 Å². The summed E-state index contributed by atoms with van der Waals surface area (Å²) in [6.07, 6.45) is 6.71. The summed E-state index contributed by atoms with van der Waals surface area (Å²) in [5.41, 5.74) is 0. The van der Waals surface area contributed by atoms with Gasteiger partial charge in [-0.2, -0.15) is 0 Å². The van der Waals surface area contributed by atoms with Gasteiger partial charge in [0.05, 0.1) is 0 Å². The van der Waals surface area contributed by atoms with Crippen LogP contribution in [0, 0.1) is 5.92 Å². The van der Waals surface area contributed by atoms with Crippen LogP contribution in [0.25, 0.3) is 0 Å². The SMILES string of the molecule is CCCN1CCC(N2CCCNC(CC(C)C)C2)CC1. The Balaban J connectivity index is 1.81. The highest BCUT2D eigenvalue weighted by atomic mass is 15.2. The van der Waals surface area contributed by atoms with Crippen molar-refractivity contribution in [1.29, 1.82) is 0 Å². The molecule has 2 rings (SSSR count). The standard InChI is InChI=1S/C17H35N3/c1-4-9-19-11-6-17(7-12-19)20-10-5-8-18-16(14-20)13-15(2)3/h15-18H,4-14H2,1-3H3. The molecule has 0 aromatic heterocycles. The molecule has 1 unspecified atom stereocenters. The maximum Gasteiger partial charge on any atom is 0.0197 e. The van der Waals surface area contributed by atoms with Gasteiger partial charge in [-0.1, -0.05) is 20.8 Å². The number of likely N-dealkylation sites (tertiary alicyclic amines) is 1. The summed E-state index contributed by atoms with van der Waals surface area (Å²) in [6, 6.07) is 1.56. The molecule has 2 fully saturated rings. The van der Waals surface area contributed by atoms with E-state index < -0.39 is 0 Å². The smallest absolute Gasteiger partial charge is 0.0197 e. The summed E-state index contributed by atoms with van der Waals surface area (Å²) in [4.78, 5) is 5.45. The Bertz CT molecular complexity index is 259. The van der Waals surface area contributed by atoms with Crippen molar-refractivity contribution in [2.45, 2.75) is 65.0 Å². The van der Waals surface area contributed by atoms with E-state index in [1.807, 2.05) is 0 Å². The number of nitrogens with one attached hydrogen (secondary N) is 1. The summed E-state index contributed by atoms with van der Waals surface area (Å²) >= 11 is 0. The third-order valence-corrected chi connectivity index (χ3v) is 4.88. The topological polar surface area (TPSA) is 18.5 Å². The second kappa shape index (κ2) is 8.35. The van der Waals surface area contributed by atoms with E-state index in [-0.39, 0.29) is 0 Å². The molecular weight excluding hydrogens is 246 g/mol. The average Bonchev–Trinajstić information content (AvgIpc) is 2.65. The Hall–Kier alpha value is -0.120. The summed E-state index contributed by atoms with van der Waals surface area (Å²) in [7, 11) is 0. The van der Waals surface area contributed by atoms with Crippen molar-refractivity contribution in [3.63, 3.8) is 0 Å². The van der Waals surface area contributed by atoms with Crippen LogP contribution < -0.4 is 5.32 Å². The lowest BCUT2D eigenvalue weighted by Crippen LogP contribution is -2.48. The first-order valence-corrected chi connectivity index (χ1v) is 8.88. The quantitative estimate of drug-likeness (QED) is 0.835. The zero-order chi connectivity index (χ0) is 14.4. The van der Waals surface area contributed by atoms with Crippen LogP contribution in [-0.2, 0) is 0 Å². The van der Waals surface area contributed by atoms with Gasteiger partial charge in [-0.15, -0.1) is 0 Å². The molecule has 0 aromatic carbocycles. The van der Waals surface area contributed by atoms with Crippen LogP contribution in [0.5, 0.6) is 0 Å². The zero-order valence-electron chi connectivity index (χ0n) is 13.9. The predicted octanol–water partition coefficient (Wildman–Crippen LogP) is 2.57. The Morgan fingerprint density at radius 2 is 1.90 bits per heavy atom. The first-order valence-electron chi connectivity index (χ1n) is 8.88.